The highest BCUT2D eigenvalue weighted by molar-refractivity contribution is 6.42. The van der Waals surface area contributed by atoms with Crippen molar-refractivity contribution in [1.29, 1.82) is 0 Å². The fourth-order valence-corrected chi connectivity index (χ4v) is 4.58. The summed E-state index contributed by atoms with van der Waals surface area (Å²) in [6, 6.07) is 42.5. The van der Waals surface area contributed by atoms with Crippen LogP contribution in [0, 0.1) is 0 Å². The van der Waals surface area contributed by atoms with E-state index in [1.807, 2.05) is 66.7 Å². The summed E-state index contributed by atoms with van der Waals surface area (Å²) in [6.07, 6.45) is 0. The maximum Gasteiger partial charge on any atom is 0.164 e. The highest BCUT2D eigenvalue weighted by Gasteiger charge is 2.14. The highest BCUT2D eigenvalue weighted by Crippen LogP contribution is 2.31. The Morgan fingerprint density at radius 3 is 1.08 bits per heavy atom. The number of hydrogen-bond donors (Lipinski definition) is 0. The molecule has 0 aliphatic rings. The third-order valence-corrected chi connectivity index (χ3v) is 7.05. The van der Waals surface area contributed by atoms with Gasteiger partial charge in [0.1, 0.15) is 0 Å². The van der Waals surface area contributed by atoms with Gasteiger partial charge in [0.15, 0.2) is 17.5 Å². The molecule has 0 radical (unpaired) electrons. The lowest BCUT2D eigenvalue weighted by atomic mass is 10.0. The van der Waals surface area contributed by atoms with Gasteiger partial charge in [0.05, 0.1) is 10.0 Å². The topological polar surface area (TPSA) is 38.7 Å². The maximum absolute atomic E-state index is 6.33. The van der Waals surface area contributed by atoms with Crippen molar-refractivity contribution >= 4 is 23.2 Å². The van der Waals surface area contributed by atoms with E-state index >= 15 is 0 Å². The molecule has 0 aliphatic carbocycles. The number of rotatable bonds is 5. The molecule has 1 heterocycles. The van der Waals surface area contributed by atoms with Crippen molar-refractivity contribution in [2.45, 2.75) is 0 Å². The van der Waals surface area contributed by atoms with Gasteiger partial charge in [-0.25, -0.2) is 15.0 Å². The summed E-state index contributed by atoms with van der Waals surface area (Å²) in [7, 11) is 0. The number of hydrogen-bond acceptors (Lipinski definition) is 3. The Labute approximate surface area is 231 Å². The zero-order chi connectivity index (χ0) is 25.9. The number of aromatic nitrogens is 3. The molecule has 0 saturated heterocycles. The van der Waals surface area contributed by atoms with Crippen LogP contribution in [-0.4, -0.2) is 15.0 Å². The molecule has 0 saturated carbocycles. The van der Waals surface area contributed by atoms with Crippen LogP contribution in [0.25, 0.3) is 56.4 Å². The molecule has 182 valence electrons. The van der Waals surface area contributed by atoms with Crippen LogP contribution < -0.4 is 0 Å². The standard InChI is InChI=1S/C33H21Cl2N3/c34-29-20-19-28(21-30(29)35)33-37-31(26-15-11-24(12-16-26)22-7-3-1-4-8-22)36-32(38-33)27-17-13-25(14-18-27)23-9-5-2-6-10-23/h1-21H. The second-order valence-electron chi connectivity index (χ2n) is 8.82. The molecular weight excluding hydrogens is 509 g/mol. The first kappa shape index (κ1) is 24.1. The van der Waals surface area contributed by atoms with Crippen molar-refractivity contribution in [2.75, 3.05) is 0 Å². The minimum Gasteiger partial charge on any atom is -0.208 e. The van der Waals surface area contributed by atoms with Crippen molar-refractivity contribution in [2.24, 2.45) is 0 Å². The van der Waals surface area contributed by atoms with Gasteiger partial charge in [0.2, 0.25) is 0 Å². The molecule has 0 atom stereocenters. The van der Waals surface area contributed by atoms with E-state index in [1.54, 1.807) is 12.1 Å². The molecule has 5 aromatic carbocycles. The summed E-state index contributed by atoms with van der Waals surface area (Å²) in [6.45, 7) is 0. The quantitative estimate of drug-likeness (QED) is 0.223. The zero-order valence-corrected chi connectivity index (χ0v) is 21.7. The summed E-state index contributed by atoms with van der Waals surface area (Å²) in [5.41, 5.74) is 7.14. The Bertz CT molecular complexity index is 1600. The summed E-state index contributed by atoms with van der Waals surface area (Å²) in [4.78, 5) is 14.5. The third-order valence-electron chi connectivity index (χ3n) is 6.31. The van der Waals surface area contributed by atoms with Gasteiger partial charge in [0, 0.05) is 16.7 Å². The van der Waals surface area contributed by atoms with Crippen LogP contribution in [0.3, 0.4) is 0 Å². The van der Waals surface area contributed by atoms with Gasteiger partial charge < -0.3 is 0 Å². The smallest absolute Gasteiger partial charge is 0.164 e. The van der Waals surface area contributed by atoms with Crippen LogP contribution in [-0.2, 0) is 0 Å². The average Bonchev–Trinajstić information content (AvgIpc) is 2.99. The first-order chi connectivity index (χ1) is 18.6. The molecule has 0 N–H and O–H groups in total. The van der Waals surface area contributed by atoms with Crippen molar-refractivity contribution < 1.29 is 0 Å². The van der Waals surface area contributed by atoms with Crippen LogP contribution >= 0.6 is 23.2 Å². The molecule has 0 bridgehead atoms. The van der Waals surface area contributed by atoms with Gasteiger partial charge in [-0.2, -0.15) is 0 Å². The molecule has 1 aromatic heterocycles. The maximum atomic E-state index is 6.33. The van der Waals surface area contributed by atoms with Gasteiger partial charge in [-0.05, 0) is 40.5 Å². The minimum absolute atomic E-state index is 0.451. The van der Waals surface area contributed by atoms with E-state index in [0.29, 0.717) is 27.5 Å². The van der Waals surface area contributed by atoms with Gasteiger partial charge >= 0.3 is 0 Å². The molecule has 6 aromatic rings. The van der Waals surface area contributed by atoms with Gasteiger partial charge in [-0.1, -0.05) is 132 Å². The van der Waals surface area contributed by atoms with Crippen LogP contribution in [0.1, 0.15) is 0 Å². The molecule has 0 unspecified atom stereocenters. The van der Waals surface area contributed by atoms with Crippen LogP contribution in [0.4, 0.5) is 0 Å². The molecule has 0 fully saturated rings. The predicted molar refractivity (Wildman–Crippen MR) is 157 cm³/mol. The van der Waals surface area contributed by atoms with E-state index in [2.05, 4.69) is 48.5 Å². The van der Waals surface area contributed by atoms with Crippen LogP contribution in [0.5, 0.6) is 0 Å². The van der Waals surface area contributed by atoms with Crippen LogP contribution in [0.15, 0.2) is 127 Å². The summed E-state index contributed by atoms with van der Waals surface area (Å²) < 4.78 is 0. The summed E-state index contributed by atoms with van der Waals surface area (Å²) in [5, 5.41) is 0.935. The van der Waals surface area contributed by atoms with Gasteiger partial charge in [0.25, 0.3) is 0 Å². The molecule has 6 rings (SSSR count). The van der Waals surface area contributed by atoms with E-state index in [-0.39, 0.29) is 0 Å². The molecule has 0 spiro atoms. The van der Waals surface area contributed by atoms with E-state index in [0.717, 1.165) is 38.9 Å². The molecule has 5 heteroatoms. The average molecular weight is 530 g/mol. The van der Waals surface area contributed by atoms with E-state index < -0.39 is 0 Å². The lowest BCUT2D eigenvalue weighted by Gasteiger charge is -2.10. The monoisotopic (exact) mass is 529 g/mol. The predicted octanol–water partition coefficient (Wildman–Crippen LogP) is 9.51. The summed E-state index contributed by atoms with van der Waals surface area (Å²) >= 11 is 12.5. The zero-order valence-electron chi connectivity index (χ0n) is 20.2. The Balaban J connectivity index is 1.43. The SMILES string of the molecule is Clc1ccc(-c2nc(-c3ccc(-c4ccccc4)cc3)nc(-c3ccc(-c4ccccc4)cc3)n2)cc1Cl. The first-order valence-corrected chi connectivity index (χ1v) is 12.9. The van der Waals surface area contributed by atoms with Crippen LogP contribution in [0.2, 0.25) is 10.0 Å². The molecule has 0 amide bonds. The Kier molecular flexibility index (Phi) is 6.70. The molecule has 38 heavy (non-hydrogen) atoms. The van der Waals surface area contributed by atoms with E-state index in [1.165, 1.54) is 0 Å². The lowest BCUT2D eigenvalue weighted by Crippen LogP contribution is -2.00. The molecular formula is C33H21Cl2N3. The minimum atomic E-state index is 0.451. The number of nitrogens with zero attached hydrogens (tertiary/aromatic N) is 3. The van der Waals surface area contributed by atoms with E-state index in [9.17, 15) is 0 Å². The largest absolute Gasteiger partial charge is 0.208 e. The highest BCUT2D eigenvalue weighted by atomic mass is 35.5. The van der Waals surface area contributed by atoms with Gasteiger partial charge in [-0.15, -0.1) is 0 Å². The second kappa shape index (κ2) is 10.6. The lowest BCUT2D eigenvalue weighted by molar-refractivity contribution is 1.07. The van der Waals surface area contributed by atoms with Gasteiger partial charge in [-0.3, -0.25) is 0 Å². The molecule has 0 aliphatic heterocycles. The van der Waals surface area contributed by atoms with Crippen molar-refractivity contribution in [3.63, 3.8) is 0 Å². The summed E-state index contributed by atoms with van der Waals surface area (Å²) in [5.74, 6) is 1.70. The second-order valence-corrected chi connectivity index (χ2v) is 9.64. The van der Waals surface area contributed by atoms with Crippen molar-refractivity contribution in [3.8, 4) is 56.4 Å². The normalized spacial score (nSPS) is 10.9. The first-order valence-electron chi connectivity index (χ1n) is 12.2. The fourth-order valence-electron chi connectivity index (χ4n) is 4.28. The van der Waals surface area contributed by atoms with Crippen molar-refractivity contribution in [3.05, 3.63) is 137 Å². The van der Waals surface area contributed by atoms with Crippen molar-refractivity contribution in [1.82, 2.24) is 15.0 Å². The Morgan fingerprint density at radius 1 is 0.316 bits per heavy atom. The third kappa shape index (κ3) is 5.08. The molecule has 3 nitrogen and oxygen atoms in total. The van der Waals surface area contributed by atoms with E-state index in [4.69, 9.17) is 38.2 Å². The number of halogens is 2. The number of benzene rings is 5. The fraction of sp³-hybridized carbons (Fsp3) is 0. The Hall–Kier alpha value is -4.31. The Morgan fingerprint density at radius 2 is 0.658 bits per heavy atom.